The molecule has 0 aliphatic heterocycles. The van der Waals surface area contributed by atoms with Gasteiger partial charge in [-0.15, -0.1) is 0 Å². The van der Waals surface area contributed by atoms with E-state index in [9.17, 15) is 9.59 Å². The van der Waals surface area contributed by atoms with E-state index in [0.29, 0.717) is 11.5 Å². The summed E-state index contributed by atoms with van der Waals surface area (Å²) in [6, 6.07) is 52.6. The van der Waals surface area contributed by atoms with Gasteiger partial charge >= 0.3 is 11.9 Å². The van der Waals surface area contributed by atoms with Crippen LogP contribution in [0, 0.1) is 0 Å². The lowest BCUT2D eigenvalue weighted by Crippen LogP contribution is -2.12. The lowest BCUT2D eigenvalue weighted by molar-refractivity contribution is -0.129. The zero-order valence-electron chi connectivity index (χ0n) is 27.1. The molecule has 7 aromatic rings. The molecule has 0 aromatic heterocycles. The molecule has 0 heterocycles. The van der Waals surface area contributed by atoms with Crippen LogP contribution >= 0.6 is 0 Å². The lowest BCUT2D eigenvalue weighted by Gasteiger charge is -2.28. The average Bonchev–Trinajstić information content (AvgIpc) is 3.16. The third-order valence-electron chi connectivity index (χ3n) is 8.27. The minimum absolute atomic E-state index is 0.455. The minimum atomic E-state index is -0.504. The highest BCUT2D eigenvalue weighted by Crippen LogP contribution is 2.41. The highest BCUT2D eigenvalue weighted by molar-refractivity contribution is 5.94. The number of hydrogen-bond acceptors (Lipinski definition) is 6. The van der Waals surface area contributed by atoms with Gasteiger partial charge in [0.15, 0.2) is 0 Å². The normalized spacial score (nSPS) is 10.7. The van der Waals surface area contributed by atoms with Crippen LogP contribution in [-0.4, -0.2) is 11.9 Å². The minimum Gasteiger partial charge on any atom is -0.423 e. The van der Waals surface area contributed by atoms with E-state index in [1.807, 2.05) is 72.8 Å². The maximum absolute atomic E-state index is 11.8. The van der Waals surface area contributed by atoms with Crippen LogP contribution in [0.5, 0.6) is 11.5 Å². The highest BCUT2D eigenvalue weighted by atomic mass is 16.5. The molecule has 0 saturated carbocycles. The first-order valence-electron chi connectivity index (χ1n) is 16.1. The van der Waals surface area contributed by atoms with Crippen LogP contribution in [0.25, 0.3) is 21.5 Å². The van der Waals surface area contributed by atoms with Crippen LogP contribution in [0.2, 0.25) is 0 Å². The fourth-order valence-corrected chi connectivity index (χ4v) is 5.94. The fraction of sp³-hybridized carbons (Fsp3) is 0. The van der Waals surface area contributed by atoms with Gasteiger partial charge in [0.25, 0.3) is 0 Å². The molecule has 0 unspecified atom stereocenters. The first-order valence-corrected chi connectivity index (χ1v) is 16.1. The quantitative estimate of drug-likeness (QED) is 0.0832. The van der Waals surface area contributed by atoms with Gasteiger partial charge in [0, 0.05) is 46.3 Å². The third kappa shape index (κ3) is 6.72. The first-order chi connectivity index (χ1) is 24.5. The molecule has 6 heteroatoms. The predicted octanol–water partition coefficient (Wildman–Crippen LogP) is 11.1. The van der Waals surface area contributed by atoms with Gasteiger partial charge in [-0.25, -0.2) is 9.59 Å². The second kappa shape index (κ2) is 14.1. The Labute approximate surface area is 290 Å². The molecule has 242 valence electrons. The molecule has 0 amide bonds. The molecular weight excluding hydrogens is 620 g/mol. The van der Waals surface area contributed by atoms with Crippen LogP contribution in [0.1, 0.15) is 0 Å². The Morgan fingerprint density at radius 1 is 0.400 bits per heavy atom. The predicted molar refractivity (Wildman–Crippen MR) is 202 cm³/mol. The van der Waals surface area contributed by atoms with Gasteiger partial charge in [-0.2, -0.15) is 0 Å². The van der Waals surface area contributed by atoms with E-state index in [4.69, 9.17) is 9.47 Å². The van der Waals surface area contributed by atoms with E-state index >= 15 is 0 Å². The number of esters is 2. The maximum Gasteiger partial charge on any atom is 0.335 e. The third-order valence-corrected chi connectivity index (χ3v) is 8.27. The molecule has 50 heavy (non-hydrogen) atoms. The number of carbonyl (C=O) groups excluding carboxylic acids is 2. The second-order valence-electron chi connectivity index (χ2n) is 11.5. The molecule has 7 rings (SSSR count). The van der Waals surface area contributed by atoms with Crippen LogP contribution < -0.4 is 19.3 Å². The molecule has 7 aromatic carbocycles. The van der Waals surface area contributed by atoms with E-state index in [-0.39, 0.29) is 0 Å². The summed E-state index contributed by atoms with van der Waals surface area (Å²) in [5.74, 6) is -0.0970. The molecule has 6 nitrogen and oxygen atoms in total. The van der Waals surface area contributed by atoms with E-state index in [2.05, 4.69) is 95.8 Å². The molecule has 0 N–H and O–H groups in total. The molecular formula is C44H32N2O4. The number of nitrogens with zero attached hydrogens (tertiary/aromatic N) is 2. The molecule has 0 saturated heterocycles. The summed E-state index contributed by atoms with van der Waals surface area (Å²) >= 11 is 0. The van der Waals surface area contributed by atoms with Gasteiger partial charge in [0.1, 0.15) is 11.5 Å². The Kier molecular flexibility index (Phi) is 8.90. The zero-order valence-corrected chi connectivity index (χ0v) is 27.1. The maximum atomic E-state index is 11.8. The van der Waals surface area contributed by atoms with Crippen LogP contribution in [0.4, 0.5) is 34.1 Å². The number of fused-ring (bicyclic) bond motifs is 2. The van der Waals surface area contributed by atoms with Gasteiger partial charge in [0.2, 0.25) is 0 Å². The number of para-hydroxylation sites is 2. The van der Waals surface area contributed by atoms with Gasteiger partial charge < -0.3 is 19.3 Å². The largest absolute Gasteiger partial charge is 0.423 e. The van der Waals surface area contributed by atoms with Gasteiger partial charge in [-0.3, -0.25) is 0 Å². The van der Waals surface area contributed by atoms with Crippen molar-refractivity contribution in [3.05, 3.63) is 183 Å². The number of ether oxygens (including phenoxy) is 2. The molecule has 0 atom stereocenters. The fourth-order valence-electron chi connectivity index (χ4n) is 5.94. The van der Waals surface area contributed by atoms with E-state index in [0.717, 1.165) is 67.8 Å². The van der Waals surface area contributed by atoms with Crippen LogP contribution in [0.15, 0.2) is 183 Å². The van der Waals surface area contributed by atoms with E-state index in [1.54, 1.807) is 12.1 Å². The Balaban J connectivity index is 1.31. The summed E-state index contributed by atoms with van der Waals surface area (Å²) in [6.07, 6.45) is 2.29. The first kappa shape index (κ1) is 31.7. The SMILES string of the molecule is C=CC(=O)Oc1ccc2cc(N(c3ccc(N(c4ccccc4)c4ccccc4)cc3)c3ccc4cc(OC(=O)C=C)ccc4c3)ccc2c1. The van der Waals surface area contributed by atoms with Crippen molar-refractivity contribution in [3.63, 3.8) is 0 Å². The van der Waals surface area contributed by atoms with E-state index in [1.165, 1.54) is 0 Å². The average molecular weight is 653 g/mol. The summed E-state index contributed by atoms with van der Waals surface area (Å²) in [4.78, 5) is 28.0. The van der Waals surface area contributed by atoms with Crippen molar-refractivity contribution in [2.24, 2.45) is 0 Å². The standard InChI is InChI=1S/C44H32N2O4/c1-3-43(47)49-41-25-17-31-27-39(19-15-33(31)29-41)46(40-20-16-34-30-42(50-44(48)4-2)26-18-32(34)28-40)38-23-21-37(22-24-38)45(35-11-7-5-8-12-35)36-13-9-6-10-14-36/h3-30H,1-2H2. The van der Waals surface area contributed by atoms with Crippen molar-refractivity contribution < 1.29 is 19.1 Å². The number of hydrogen-bond donors (Lipinski definition) is 0. The van der Waals surface area contributed by atoms with Gasteiger partial charge in [-0.05, 0) is 119 Å². The van der Waals surface area contributed by atoms with Crippen molar-refractivity contribution >= 4 is 67.6 Å². The van der Waals surface area contributed by atoms with Crippen molar-refractivity contribution in [1.29, 1.82) is 0 Å². The Bertz CT molecular complexity index is 2210. The molecule has 0 fully saturated rings. The summed E-state index contributed by atoms with van der Waals surface area (Å²) in [7, 11) is 0. The van der Waals surface area contributed by atoms with E-state index < -0.39 is 11.9 Å². The van der Waals surface area contributed by atoms with Crippen LogP contribution in [-0.2, 0) is 9.59 Å². The monoisotopic (exact) mass is 652 g/mol. The Morgan fingerprint density at radius 2 is 0.720 bits per heavy atom. The Hall–Kier alpha value is -6.92. The topological polar surface area (TPSA) is 59.1 Å². The summed E-state index contributed by atoms with van der Waals surface area (Å²) in [5.41, 5.74) is 5.99. The van der Waals surface area contributed by atoms with Crippen molar-refractivity contribution in [2.75, 3.05) is 9.80 Å². The molecule has 0 spiro atoms. The van der Waals surface area contributed by atoms with Gasteiger partial charge in [-0.1, -0.05) is 73.8 Å². The van der Waals surface area contributed by atoms with Crippen molar-refractivity contribution in [2.45, 2.75) is 0 Å². The van der Waals surface area contributed by atoms with Crippen molar-refractivity contribution in [1.82, 2.24) is 0 Å². The van der Waals surface area contributed by atoms with Gasteiger partial charge in [0.05, 0.1) is 0 Å². The number of anilines is 6. The number of carbonyl (C=O) groups is 2. The summed E-state index contributed by atoms with van der Waals surface area (Å²) < 4.78 is 10.7. The number of benzene rings is 7. The summed E-state index contributed by atoms with van der Waals surface area (Å²) in [5, 5.41) is 3.83. The van der Waals surface area contributed by atoms with Crippen molar-refractivity contribution in [3.8, 4) is 11.5 Å². The Morgan fingerprint density at radius 3 is 1.12 bits per heavy atom. The number of rotatable bonds is 10. The molecule has 0 aliphatic rings. The zero-order chi connectivity index (χ0) is 34.5. The van der Waals surface area contributed by atoms with Crippen LogP contribution in [0.3, 0.4) is 0 Å². The molecule has 0 bridgehead atoms. The highest BCUT2D eigenvalue weighted by Gasteiger charge is 2.17. The molecule has 0 aliphatic carbocycles. The lowest BCUT2D eigenvalue weighted by atomic mass is 10.1. The second-order valence-corrected chi connectivity index (χ2v) is 11.5. The molecule has 0 radical (unpaired) electrons. The smallest absolute Gasteiger partial charge is 0.335 e. The summed E-state index contributed by atoms with van der Waals surface area (Å²) in [6.45, 7) is 6.97.